The third kappa shape index (κ3) is 7.72. The number of sulfonamides is 1. The molecule has 1 aliphatic heterocycles. The van der Waals surface area contributed by atoms with E-state index in [0.717, 1.165) is 23.9 Å². The van der Waals surface area contributed by atoms with E-state index in [0.29, 0.717) is 16.7 Å². The molecule has 0 saturated heterocycles. The van der Waals surface area contributed by atoms with Crippen LogP contribution in [0, 0.1) is 0 Å². The average Bonchev–Trinajstić information content (AvgIpc) is 3.16. The maximum absolute atomic E-state index is 13.8. The lowest BCUT2D eigenvalue weighted by Crippen LogP contribution is -2.56. The summed E-state index contributed by atoms with van der Waals surface area (Å²) in [6.07, 6.45) is -4.60. The average molecular weight is 697 g/mol. The number of hydrogen-bond donors (Lipinski definition) is 3. The molecule has 0 bridgehead atoms. The van der Waals surface area contributed by atoms with Crippen molar-refractivity contribution in [3.8, 4) is 11.1 Å². The van der Waals surface area contributed by atoms with Crippen molar-refractivity contribution < 1.29 is 36.0 Å². The molecule has 4 N–H and O–H groups in total. The van der Waals surface area contributed by atoms with Crippen LogP contribution < -0.4 is 20.7 Å². The van der Waals surface area contributed by atoms with E-state index in [2.05, 4.69) is 10.0 Å². The zero-order valence-corrected chi connectivity index (χ0v) is 27.4. The zero-order valence-electron chi connectivity index (χ0n) is 25.7. The summed E-state index contributed by atoms with van der Waals surface area (Å²) >= 11 is 1.02. The van der Waals surface area contributed by atoms with Gasteiger partial charge in [-0.3, -0.25) is 14.4 Å². The number of halogens is 3. The van der Waals surface area contributed by atoms with Gasteiger partial charge < -0.3 is 16.0 Å². The third-order valence-corrected chi connectivity index (χ3v) is 10.0. The van der Waals surface area contributed by atoms with Crippen LogP contribution in [-0.4, -0.2) is 43.5 Å². The standard InChI is InChI=1S/C34H31F3N4O5S2/c1-33(2,38)32(44)39-26-20-47-28-18-24(34(35,36)37)16-17-27(28)41(31(26)43)19-21-12-14-22(15-13-21)25-10-6-7-11-29(25)48(45,46)40-30(42)23-8-4-3-5-9-23/h3-18,26H,19-20,38H2,1-2H3,(H,39,44)(H,40,42)/t26-/m1/s1. The first-order chi connectivity index (χ1) is 22.5. The maximum Gasteiger partial charge on any atom is 0.416 e. The van der Waals surface area contributed by atoms with Gasteiger partial charge in [0.2, 0.25) is 5.91 Å². The van der Waals surface area contributed by atoms with Crippen LogP contribution >= 0.6 is 11.8 Å². The van der Waals surface area contributed by atoms with Crippen LogP contribution in [-0.2, 0) is 32.3 Å². The number of nitrogens with one attached hydrogen (secondary N) is 2. The smallest absolute Gasteiger partial charge is 0.342 e. The largest absolute Gasteiger partial charge is 0.416 e. The van der Waals surface area contributed by atoms with Crippen LogP contribution in [0.3, 0.4) is 0 Å². The number of nitrogens with zero attached hydrogens (tertiary/aromatic N) is 1. The fraction of sp³-hybridized carbons (Fsp3) is 0.206. The number of hydrogen-bond acceptors (Lipinski definition) is 7. The Hall–Kier alpha value is -4.66. The van der Waals surface area contributed by atoms with Gasteiger partial charge in [0.25, 0.3) is 21.8 Å². The molecule has 48 heavy (non-hydrogen) atoms. The number of alkyl halides is 3. The summed E-state index contributed by atoms with van der Waals surface area (Å²) < 4.78 is 69.4. The van der Waals surface area contributed by atoms with Crippen LogP contribution in [0.15, 0.2) is 107 Å². The first-order valence-corrected chi connectivity index (χ1v) is 17.1. The molecule has 9 nitrogen and oxygen atoms in total. The Kier molecular flexibility index (Phi) is 9.72. The number of rotatable bonds is 8. The molecule has 0 aliphatic carbocycles. The molecule has 1 atom stereocenters. The van der Waals surface area contributed by atoms with Gasteiger partial charge in [-0.25, -0.2) is 13.1 Å². The van der Waals surface area contributed by atoms with E-state index in [4.69, 9.17) is 5.73 Å². The number of benzene rings is 4. The van der Waals surface area contributed by atoms with Gasteiger partial charge >= 0.3 is 6.18 Å². The van der Waals surface area contributed by atoms with Crippen molar-refractivity contribution in [3.63, 3.8) is 0 Å². The van der Waals surface area contributed by atoms with E-state index in [1.54, 1.807) is 54.6 Å². The SMILES string of the molecule is CC(C)(N)C(=O)N[C@@H]1CSc2cc(C(F)(F)F)ccc2N(Cc2ccc(-c3ccccc3S(=O)(=O)NC(=O)c3ccccc3)cc2)C1=O. The maximum atomic E-state index is 13.8. The number of amides is 3. The van der Waals surface area contributed by atoms with Crippen molar-refractivity contribution in [1.29, 1.82) is 0 Å². The van der Waals surface area contributed by atoms with Crippen LogP contribution in [0.4, 0.5) is 18.9 Å². The van der Waals surface area contributed by atoms with Crippen molar-refractivity contribution in [2.24, 2.45) is 5.73 Å². The summed E-state index contributed by atoms with van der Waals surface area (Å²) in [7, 11) is -4.28. The Morgan fingerprint density at radius 1 is 0.938 bits per heavy atom. The number of thioether (sulfide) groups is 1. The van der Waals surface area contributed by atoms with E-state index in [1.807, 2.05) is 0 Å². The number of carbonyl (C=O) groups is 3. The van der Waals surface area contributed by atoms with Gasteiger partial charge in [-0.1, -0.05) is 60.7 Å². The van der Waals surface area contributed by atoms with Crippen LogP contribution in [0.1, 0.15) is 35.3 Å². The van der Waals surface area contributed by atoms with Crippen molar-refractivity contribution >= 4 is 45.2 Å². The second-order valence-electron chi connectivity index (χ2n) is 11.7. The molecule has 4 aromatic rings. The molecule has 1 heterocycles. The summed E-state index contributed by atoms with van der Waals surface area (Å²) in [5.74, 6) is -1.93. The van der Waals surface area contributed by atoms with Crippen molar-refractivity contribution in [2.45, 2.75) is 47.9 Å². The molecule has 0 spiro atoms. The van der Waals surface area contributed by atoms with E-state index in [9.17, 15) is 36.0 Å². The Morgan fingerprint density at radius 3 is 2.23 bits per heavy atom. The molecule has 4 aromatic carbocycles. The van der Waals surface area contributed by atoms with Crippen molar-refractivity contribution in [2.75, 3.05) is 10.7 Å². The van der Waals surface area contributed by atoms with Gasteiger partial charge in [0.15, 0.2) is 0 Å². The third-order valence-electron chi connectivity index (χ3n) is 7.48. The number of anilines is 1. The normalized spacial score (nSPS) is 15.3. The fourth-order valence-corrected chi connectivity index (χ4v) is 7.24. The molecule has 0 unspecified atom stereocenters. The Balaban J connectivity index is 1.44. The van der Waals surface area contributed by atoms with Crippen LogP contribution in [0.2, 0.25) is 0 Å². The van der Waals surface area contributed by atoms with Gasteiger partial charge in [-0.2, -0.15) is 13.2 Å². The minimum atomic E-state index is -4.60. The Labute approximate surface area is 279 Å². The van der Waals surface area contributed by atoms with Crippen molar-refractivity contribution in [1.82, 2.24) is 10.0 Å². The van der Waals surface area contributed by atoms with Crippen molar-refractivity contribution in [3.05, 3.63) is 114 Å². The summed E-state index contributed by atoms with van der Waals surface area (Å²) in [6.45, 7) is 2.88. The molecule has 250 valence electrons. The summed E-state index contributed by atoms with van der Waals surface area (Å²) in [6, 6.07) is 22.7. The van der Waals surface area contributed by atoms with Gasteiger partial charge in [0, 0.05) is 21.8 Å². The zero-order chi connectivity index (χ0) is 34.9. The van der Waals surface area contributed by atoms with Crippen LogP contribution in [0.5, 0.6) is 0 Å². The highest BCUT2D eigenvalue weighted by Crippen LogP contribution is 2.40. The Morgan fingerprint density at radius 2 is 1.58 bits per heavy atom. The van der Waals surface area contributed by atoms with Gasteiger partial charge in [-0.05, 0) is 61.4 Å². The molecule has 0 fully saturated rings. The molecule has 0 radical (unpaired) electrons. The second-order valence-corrected chi connectivity index (χ2v) is 14.4. The van der Waals surface area contributed by atoms with E-state index in [-0.39, 0.29) is 33.3 Å². The molecule has 5 rings (SSSR count). The number of carbonyl (C=O) groups excluding carboxylic acids is 3. The molecule has 0 saturated carbocycles. The molecule has 3 amide bonds. The van der Waals surface area contributed by atoms with Crippen LogP contribution in [0.25, 0.3) is 11.1 Å². The molecular formula is C34H31F3N4O5S2. The lowest BCUT2D eigenvalue weighted by molar-refractivity contribution is -0.137. The summed E-state index contributed by atoms with van der Waals surface area (Å²) in [4.78, 5) is 40.6. The number of fused-ring (bicyclic) bond motifs is 1. The highest BCUT2D eigenvalue weighted by Gasteiger charge is 2.37. The number of nitrogens with two attached hydrogens (primary N) is 1. The highest BCUT2D eigenvalue weighted by molar-refractivity contribution is 7.99. The summed E-state index contributed by atoms with van der Waals surface area (Å²) in [5.41, 5.74) is 5.55. The minimum absolute atomic E-state index is 0.0174. The quantitative estimate of drug-likeness (QED) is 0.226. The van der Waals surface area contributed by atoms with Gasteiger partial charge in [0.1, 0.15) is 6.04 Å². The monoisotopic (exact) mass is 696 g/mol. The molecule has 0 aromatic heterocycles. The first-order valence-electron chi connectivity index (χ1n) is 14.6. The lowest BCUT2D eigenvalue weighted by atomic mass is 10.0. The first kappa shape index (κ1) is 34.7. The van der Waals surface area contributed by atoms with E-state index < -0.39 is 51.1 Å². The molecule has 1 aliphatic rings. The van der Waals surface area contributed by atoms with E-state index in [1.165, 1.54) is 49.1 Å². The topological polar surface area (TPSA) is 139 Å². The predicted octanol–water partition coefficient (Wildman–Crippen LogP) is 5.35. The molecule has 14 heteroatoms. The lowest BCUT2D eigenvalue weighted by Gasteiger charge is -2.28. The Bertz CT molecular complexity index is 1960. The molecular weight excluding hydrogens is 666 g/mol. The highest BCUT2D eigenvalue weighted by atomic mass is 32.2. The van der Waals surface area contributed by atoms with E-state index >= 15 is 0 Å². The van der Waals surface area contributed by atoms with Gasteiger partial charge in [-0.15, -0.1) is 11.8 Å². The fourth-order valence-electron chi connectivity index (χ4n) is 4.93. The summed E-state index contributed by atoms with van der Waals surface area (Å²) in [5, 5.41) is 2.63. The second kappa shape index (κ2) is 13.5. The predicted molar refractivity (Wildman–Crippen MR) is 177 cm³/mol. The minimum Gasteiger partial charge on any atom is -0.342 e. The van der Waals surface area contributed by atoms with Gasteiger partial charge in [0.05, 0.1) is 28.2 Å².